The minimum absolute atomic E-state index is 1.29. The fourth-order valence-corrected chi connectivity index (χ4v) is 1.01. The van der Waals surface area contributed by atoms with Crippen LogP contribution in [0.15, 0.2) is 18.2 Å². The lowest BCUT2D eigenvalue weighted by molar-refractivity contribution is 0.886. The van der Waals surface area contributed by atoms with E-state index in [1.54, 1.807) is 0 Å². The molecular formula is C16H33P. The van der Waals surface area contributed by atoms with Crippen LogP contribution in [-0.4, -0.2) is 0 Å². The Morgan fingerprint density at radius 3 is 1.53 bits per heavy atom. The van der Waals surface area contributed by atoms with Gasteiger partial charge in [-0.15, -0.1) is 9.24 Å². The minimum Gasteiger partial charge on any atom is -0.105 e. The second-order valence-corrected chi connectivity index (χ2v) is 3.98. The van der Waals surface area contributed by atoms with Gasteiger partial charge in [0.1, 0.15) is 0 Å². The molecule has 0 spiro atoms. The molecule has 1 heteroatoms. The number of rotatable bonds is 1. The average molecular weight is 256 g/mol. The highest BCUT2D eigenvalue weighted by Crippen LogP contribution is 2.02. The maximum Gasteiger partial charge on any atom is -0.0273 e. The summed E-state index contributed by atoms with van der Waals surface area (Å²) in [6, 6.07) is 6.42. The number of hydrogen-bond acceptors (Lipinski definition) is 0. The third-order valence-corrected chi connectivity index (χ3v) is 2.57. The maximum atomic E-state index is 2.71. The first-order chi connectivity index (χ1) is 8.11. The molecule has 17 heavy (non-hydrogen) atoms. The smallest absolute Gasteiger partial charge is 0.0273 e. The Morgan fingerprint density at radius 2 is 1.29 bits per heavy atom. The topological polar surface area (TPSA) is 0 Å². The molecule has 0 aliphatic rings. The molecule has 0 heterocycles. The lowest BCUT2D eigenvalue weighted by Crippen LogP contribution is -1.94. The van der Waals surface area contributed by atoms with Gasteiger partial charge in [-0.3, -0.25) is 0 Å². The van der Waals surface area contributed by atoms with Crippen molar-refractivity contribution in [1.29, 1.82) is 0 Å². The molecule has 0 radical (unpaired) electrons. The average Bonchev–Trinajstić information content (AvgIpc) is 2.39. The summed E-state index contributed by atoms with van der Waals surface area (Å²) in [5.74, 6) is 0. The van der Waals surface area contributed by atoms with Gasteiger partial charge in [0.2, 0.25) is 0 Å². The molecule has 1 rings (SSSR count). The summed E-state index contributed by atoms with van der Waals surface area (Å²) < 4.78 is 0. The first-order valence-corrected chi connectivity index (χ1v) is 7.52. The molecule has 0 saturated heterocycles. The van der Waals surface area contributed by atoms with Crippen LogP contribution in [0.1, 0.15) is 65.5 Å². The molecule has 102 valence electrons. The third kappa shape index (κ3) is 15.6. The van der Waals surface area contributed by atoms with Gasteiger partial charge >= 0.3 is 0 Å². The molecule has 0 aliphatic carbocycles. The van der Waals surface area contributed by atoms with E-state index >= 15 is 0 Å². The van der Waals surface area contributed by atoms with Crippen molar-refractivity contribution in [3.8, 4) is 0 Å². The van der Waals surface area contributed by atoms with Crippen LogP contribution in [0.2, 0.25) is 0 Å². The van der Waals surface area contributed by atoms with Crippen molar-refractivity contribution in [3.05, 3.63) is 29.3 Å². The molecule has 1 unspecified atom stereocenters. The van der Waals surface area contributed by atoms with Crippen molar-refractivity contribution in [2.75, 3.05) is 0 Å². The van der Waals surface area contributed by atoms with Crippen molar-refractivity contribution >= 4 is 14.5 Å². The van der Waals surface area contributed by atoms with E-state index in [2.05, 4.69) is 55.1 Å². The van der Waals surface area contributed by atoms with Crippen molar-refractivity contribution in [1.82, 2.24) is 0 Å². The van der Waals surface area contributed by atoms with Crippen LogP contribution in [0, 0.1) is 13.8 Å². The van der Waals surface area contributed by atoms with E-state index in [0.29, 0.717) is 0 Å². The van der Waals surface area contributed by atoms with Crippen LogP contribution in [-0.2, 0) is 0 Å². The van der Waals surface area contributed by atoms with E-state index in [4.69, 9.17) is 0 Å². The Kier molecular flexibility index (Phi) is 23.2. The van der Waals surface area contributed by atoms with Crippen LogP contribution in [0.25, 0.3) is 0 Å². The largest absolute Gasteiger partial charge is 0.105 e. The van der Waals surface area contributed by atoms with Crippen LogP contribution in [0.4, 0.5) is 0 Å². The standard InChI is InChI=1S/C8H11P.C4H10.2C2H6/c1-6-3-4-8(9)7(2)5-6;1-3-4-2;2*1-2/h3-5H,9H2,1-2H3;3-4H2,1-2H3;2*1-2H3. The Morgan fingerprint density at radius 1 is 0.882 bits per heavy atom. The quantitative estimate of drug-likeness (QED) is 0.568. The molecule has 0 bridgehead atoms. The predicted molar refractivity (Wildman–Crippen MR) is 88.5 cm³/mol. The third-order valence-electron chi connectivity index (χ3n) is 1.93. The highest BCUT2D eigenvalue weighted by atomic mass is 31.0. The number of hydrogen-bond donors (Lipinski definition) is 0. The monoisotopic (exact) mass is 256 g/mol. The van der Waals surface area contributed by atoms with Crippen molar-refractivity contribution in [2.45, 2.75) is 68.2 Å². The normalized spacial score (nSPS) is 7.59. The Balaban J connectivity index is -0.000000208. The van der Waals surface area contributed by atoms with Gasteiger partial charge in [0.25, 0.3) is 0 Å². The van der Waals surface area contributed by atoms with E-state index in [1.165, 1.54) is 29.3 Å². The highest BCUT2D eigenvalue weighted by Gasteiger charge is 1.89. The van der Waals surface area contributed by atoms with Gasteiger partial charge in [-0.05, 0) is 24.7 Å². The zero-order chi connectivity index (χ0) is 14.3. The Bertz CT molecular complexity index is 239. The van der Waals surface area contributed by atoms with E-state index in [9.17, 15) is 0 Å². The molecule has 0 aromatic heterocycles. The first kappa shape index (κ1) is 21.9. The first-order valence-electron chi connectivity index (χ1n) is 6.94. The molecule has 1 aromatic rings. The lowest BCUT2D eigenvalue weighted by atomic mass is 10.2. The van der Waals surface area contributed by atoms with Crippen molar-refractivity contribution in [3.63, 3.8) is 0 Å². The zero-order valence-corrected chi connectivity index (χ0v) is 14.4. The molecule has 1 aromatic carbocycles. The molecule has 0 saturated carbocycles. The van der Waals surface area contributed by atoms with E-state index in [0.717, 1.165) is 0 Å². The van der Waals surface area contributed by atoms with Gasteiger partial charge in [0.05, 0.1) is 0 Å². The summed E-state index contributed by atoms with van der Waals surface area (Å²) in [4.78, 5) is 0. The molecule has 0 amide bonds. The number of aryl methyl sites for hydroxylation is 2. The Labute approximate surface area is 112 Å². The molecular weight excluding hydrogens is 223 g/mol. The maximum absolute atomic E-state index is 2.71. The van der Waals surface area contributed by atoms with E-state index in [-0.39, 0.29) is 0 Å². The molecule has 0 fully saturated rings. The van der Waals surface area contributed by atoms with Crippen molar-refractivity contribution < 1.29 is 0 Å². The molecule has 1 atom stereocenters. The highest BCUT2D eigenvalue weighted by molar-refractivity contribution is 7.27. The zero-order valence-electron chi connectivity index (χ0n) is 13.2. The number of benzene rings is 1. The lowest BCUT2D eigenvalue weighted by Gasteiger charge is -1.98. The van der Waals surface area contributed by atoms with Gasteiger partial charge in [-0.25, -0.2) is 0 Å². The second kappa shape index (κ2) is 18.0. The van der Waals surface area contributed by atoms with E-state index in [1.807, 2.05) is 27.7 Å². The summed E-state index contributed by atoms with van der Waals surface area (Å²) in [5, 5.41) is 1.29. The Hall–Kier alpha value is -0.350. The van der Waals surface area contributed by atoms with Gasteiger partial charge in [-0.1, -0.05) is 78.1 Å². The molecule has 0 nitrogen and oxygen atoms in total. The summed E-state index contributed by atoms with van der Waals surface area (Å²) in [5.41, 5.74) is 2.68. The van der Waals surface area contributed by atoms with Crippen LogP contribution in [0.3, 0.4) is 0 Å². The summed E-state index contributed by atoms with van der Waals surface area (Å²) in [6.45, 7) is 16.6. The van der Waals surface area contributed by atoms with Crippen molar-refractivity contribution in [2.24, 2.45) is 0 Å². The molecule has 0 N–H and O–H groups in total. The SMILES string of the molecule is CC.CC.CCCC.Cc1ccc(P)c(C)c1. The van der Waals surface area contributed by atoms with Crippen LogP contribution >= 0.6 is 9.24 Å². The van der Waals surface area contributed by atoms with E-state index < -0.39 is 0 Å². The number of unbranched alkanes of at least 4 members (excludes halogenated alkanes) is 1. The fraction of sp³-hybridized carbons (Fsp3) is 0.625. The van der Waals surface area contributed by atoms with Gasteiger partial charge in [0, 0.05) is 0 Å². The van der Waals surface area contributed by atoms with Gasteiger partial charge < -0.3 is 0 Å². The van der Waals surface area contributed by atoms with Crippen LogP contribution < -0.4 is 5.30 Å². The summed E-state index contributed by atoms with van der Waals surface area (Å²) in [6.07, 6.45) is 2.64. The molecule has 0 aliphatic heterocycles. The fourth-order valence-electron chi connectivity index (χ4n) is 0.826. The second-order valence-electron chi connectivity index (χ2n) is 3.36. The minimum atomic E-state index is 1.29. The predicted octanol–water partition coefficient (Wildman–Crippen LogP) is 5.66. The van der Waals surface area contributed by atoms with Gasteiger partial charge in [-0.2, -0.15) is 0 Å². The van der Waals surface area contributed by atoms with Gasteiger partial charge in [0.15, 0.2) is 0 Å². The summed E-state index contributed by atoms with van der Waals surface area (Å²) >= 11 is 0. The van der Waals surface area contributed by atoms with Crippen LogP contribution in [0.5, 0.6) is 0 Å². The summed E-state index contributed by atoms with van der Waals surface area (Å²) in [7, 11) is 2.71.